The minimum Gasteiger partial charge on any atom is -0.419 e. The van der Waals surface area contributed by atoms with E-state index in [1.807, 2.05) is 35.7 Å². The highest BCUT2D eigenvalue weighted by molar-refractivity contribution is 7.14. The lowest BCUT2D eigenvalue weighted by Crippen LogP contribution is -2.42. The van der Waals surface area contributed by atoms with Crippen molar-refractivity contribution in [1.82, 2.24) is 4.98 Å². The third-order valence-electron chi connectivity index (χ3n) is 3.03. The third-order valence-corrected chi connectivity index (χ3v) is 3.80. The SMILES string of the molecule is CC1(C)OC(=O)C(=CNc2nc(-c3ccccc3)cs2)C(=O)O1. The molecule has 0 amide bonds. The van der Waals surface area contributed by atoms with Crippen LogP contribution < -0.4 is 5.32 Å². The Kier molecular flexibility index (Phi) is 3.87. The summed E-state index contributed by atoms with van der Waals surface area (Å²) in [7, 11) is 0. The summed E-state index contributed by atoms with van der Waals surface area (Å²) >= 11 is 1.36. The van der Waals surface area contributed by atoms with Crippen molar-refractivity contribution in [3.8, 4) is 11.3 Å². The molecule has 7 heteroatoms. The highest BCUT2D eigenvalue weighted by Crippen LogP contribution is 2.26. The standard InChI is InChI=1S/C16H14N2O4S/c1-16(2)21-13(19)11(14(20)22-16)8-17-15-18-12(9-23-15)10-6-4-3-5-7-10/h3-9H,1-2H3,(H,17,18). The number of cyclic esters (lactones) is 2. The Labute approximate surface area is 136 Å². The first kappa shape index (κ1) is 15.2. The van der Waals surface area contributed by atoms with Crippen LogP contribution in [0.25, 0.3) is 11.3 Å². The normalized spacial score (nSPS) is 16.5. The molecule has 1 aromatic heterocycles. The lowest BCUT2D eigenvalue weighted by molar-refractivity contribution is -0.222. The monoisotopic (exact) mass is 330 g/mol. The summed E-state index contributed by atoms with van der Waals surface area (Å²) in [5.74, 6) is -2.69. The van der Waals surface area contributed by atoms with Gasteiger partial charge < -0.3 is 14.8 Å². The first-order chi connectivity index (χ1) is 10.9. The number of carbonyl (C=O) groups is 2. The second-order valence-corrected chi connectivity index (χ2v) is 6.14. The van der Waals surface area contributed by atoms with Gasteiger partial charge in [0.05, 0.1) is 5.69 Å². The fourth-order valence-electron chi connectivity index (χ4n) is 1.99. The Morgan fingerprint density at radius 3 is 2.43 bits per heavy atom. The number of benzene rings is 1. The van der Waals surface area contributed by atoms with E-state index in [0.717, 1.165) is 11.3 Å². The highest BCUT2D eigenvalue weighted by Gasteiger charge is 2.38. The second kappa shape index (κ2) is 5.85. The predicted molar refractivity (Wildman–Crippen MR) is 85.5 cm³/mol. The van der Waals surface area contributed by atoms with Gasteiger partial charge in [0.2, 0.25) is 0 Å². The van der Waals surface area contributed by atoms with Crippen LogP contribution in [0.1, 0.15) is 13.8 Å². The molecule has 0 spiro atoms. The molecule has 1 saturated heterocycles. The average molecular weight is 330 g/mol. The van der Waals surface area contributed by atoms with Gasteiger partial charge in [0.25, 0.3) is 5.79 Å². The first-order valence-corrected chi connectivity index (χ1v) is 7.77. The van der Waals surface area contributed by atoms with E-state index in [2.05, 4.69) is 10.3 Å². The predicted octanol–water partition coefficient (Wildman–Crippen LogP) is 2.94. The number of carbonyl (C=O) groups excluding carboxylic acids is 2. The van der Waals surface area contributed by atoms with Crippen LogP contribution in [0.2, 0.25) is 0 Å². The van der Waals surface area contributed by atoms with Crippen LogP contribution in [0.5, 0.6) is 0 Å². The van der Waals surface area contributed by atoms with Gasteiger partial charge in [-0.1, -0.05) is 30.3 Å². The molecule has 6 nitrogen and oxygen atoms in total. The first-order valence-electron chi connectivity index (χ1n) is 6.89. The Balaban J connectivity index is 1.75. The second-order valence-electron chi connectivity index (χ2n) is 5.29. The zero-order valence-corrected chi connectivity index (χ0v) is 13.3. The van der Waals surface area contributed by atoms with Crippen LogP contribution in [0.15, 0.2) is 47.5 Å². The van der Waals surface area contributed by atoms with Crippen LogP contribution in [-0.4, -0.2) is 22.7 Å². The third kappa shape index (κ3) is 3.40. The van der Waals surface area contributed by atoms with E-state index in [-0.39, 0.29) is 5.57 Å². The molecule has 1 aromatic carbocycles. The summed E-state index contributed by atoms with van der Waals surface area (Å²) in [5.41, 5.74) is 1.61. The molecule has 0 saturated carbocycles. The smallest absolute Gasteiger partial charge is 0.350 e. The number of nitrogens with one attached hydrogen (secondary N) is 1. The summed E-state index contributed by atoms with van der Waals surface area (Å²) in [6.45, 7) is 3.00. The van der Waals surface area contributed by atoms with Crippen LogP contribution in [0, 0.1) is 0 Å². The molecule has 3 rings (SSSR count). The van der Waals surface area contributed by atoms with Crippen molar-refractivity contribution < 1.29 is 19.1 Å². The molecule has 0 radical (unpaired) electrons. The van der Waals surface area contributed by atoms with Crippen molar-refractivity contribution in [3.05, 3.63) is 47.5 Å². The van der Waals surface area contributed by atoms with E-state index in [1.54, 1.807) is 0 Å². The number of anilines is 1. The van der Waals surface area contributed by atoms with Crippen LogP contribution in [-0.2, 0) is 19.1 Å². The highest BCUT2D eigenvalue weighted by atomic mass is 32.1. The lowest BCUT2D eigenvalue weighted by atomic mass is 10.2. The maximum absolute atomic E-state index is 11.8. The average Bonchev–Trinajstić information content (AvgIpc) is 2.95. The minimum absolute atomic E-state index is 0.194. The molecule has 1 aliphatic heterocycles. The number of aromatic nitrogens is 1. The van der Waals surface area contributed by atoms with Gasteiger partial charge in [-0.05, 0) is 0 Å². The molecule has 1 N–H and O–H groups in total. The van der Waals surface area contributed by atoms with Gasteiger partial charge in [0.1, 0.15) is 0 Å². The molecular formula is C16H14N2O4S. The van der Waals surface area contributed by atoms with Gasteiger partial charge >= 0.3 is 11.9 Å². The molecular weight excluding hydrogens is 316 g/mol. The number of thiazole rings is 1. The largest absolute Gasteiger partial charge is 0.419 e. The van der Waals surface area contributed by atoms with E-state index in [1.165, 1.54) is 31.4 Å². The fourth-order valence-corrected chi connectivity index (χ4v) is 2.68. The zero-order chi connectivity index (χ0) is 16.4. The summed E-state index contributed by atoms with van der Waals surface area (Å²) in [6, 6.07) is 9.70. The quantitative estimate of drug-likeness (QED) is 0.530. The Hall–Kier alpha value is -2.67. The molecule has 0 atom stereocenters. The molecule has 1 aliphatic rings. The molecule has 0 unspecified atom stereocenters. The van der Waals surface area contributed by atoms with Gasteiger partial charge in [0, 0.05) is 31.0 Å². The van der Waals surface area contributed by atoms with Crippen molar-refractivity contribution in [1.29, 1.82) is 0 Å². The van der Waals surface area contributed by atoms with Crippen molar-refractivity contribution >= 4 is 28.4 Å². The molecule has 23 heavy (non-hydrogen) atoms. The maximum atomic E-state index is 11.8. The minimum atomic E-state index is -1.24. The van der Waals surface area contributed by atoms with E-state index >= 15 is 0 Å². The van der Waals surface area contributed by atoms with Gasteiger partial charge in [0.15, 0.2) is 10.7 Å². The number of ether oxygens (including phenoxy) is 2. The van der Waals surface area contributed by atoms with Crippen molar-refractivity contribution in [3.63, 3.8) is 0 Å². The van der Waals surface area contributed by atoms with Crippen LogP contribution in [0.3, 0.4) is 0 Å². The van der Waals surface area contributed by atoms with E-state index in [4.69, 9.17) is 9.47 Å². The van der Waals surface area contributed by atoms with Crippen molar-refractivity contribution in [2.75, 3.05) is 5.32 Å². The summed E-state index contributed by atoms with van der Waals surface area (Å²) in [4.78, 5) is 28.0. The van der Waals surface area contributed by atoms with Crippen LogP contribution in [0.4, 0.5) is 5.13 Å². The van der Waals surface area contributed by atoms with Gasteiger partial charge in [-0.15, -0.1) is 11.3 Å². The summed E-state index contributed by atoms with van der Waals surface area (Å²) < 4.78 is 10.0. The summed E-state index contributed by atoms with van der Waals surface area (Å²) in [6.07, 6.45) is 1.26. The Bertz CT molecular complexity index is 758. The molecule has 2 aromatic rings. The number of rotatable bonds is 3. The van der Waals surface area contributed by atoms with Gasteiger partial charge in [-0.2, -0.15) is 0 Å². The molecule has 2 heterocycles. The summed E-state index contributed by atoms with van der Waals surface area (Å²) in [5, 5.41) is 5.28. The number of nitrogens with zero attached hydrogens (tertiary/aromatic N) is 1. The number of hydrogen-bond acceptors (Lipinski definition) is 7. The Morgan fingerprint density at radius 1 is 1.13 bits per heavy atom. The van der Waals surface area contributed by atoms with Gasteiger partial charge in [-0.25, -0.2) is 14.6 Å². The van der Waals surface area contributed by atoms with Crippen molar-refractivity contribution in [2.45, 2.75) is 19.6 Å². The molecule has 1 fully saturated rings. The van der Waals surface area contributed by atoms with E-state index < -0.39 is 17.7 Å². The molecule has 0 bridgehead atoms. The molecule has 118 valence electrons. The topological polar surface area (TPSA) is 77.5 Å². The Morgan fingerprint density at radius 2 is 1.78 bits per heavy atom. The number of hydrogen-bond donors (Lipinski definition) is 1. The van der Waals surface area contributed by atoms with Crippen molar-refractivity contribution in [2.24, 2.45) is 0 Å². The van der Waals surface area contributed by atoms with Gasteiger partial charge in [-0.3, -0.25) is 0 Å². The fraction of sp³-hybridized carbons (Fsp3) is 0.188. The maximum Gasteiger partial charge on any atom is 0.350 e. The number of esters is 2. The van der Waals surface area contributed by atoms with E-state index in [9.17, 15) is 9.59 Å². The lowest BCUT2D eigenvalue weighted by Gasteiger charge is -2.29. The molecule has 0 aliphatic carbocycles. The van der Waals surface area contributed by atoms with E-state index in [0.29, 0.717) is 5.13 Å². The zero-order valence-electron chi connectivity index (χ0n) is 12.5. The van der Waals surface area contributed by atoms with Crippen LogP contribution >= 0.6 is 11.3 Å².